The second-order valence-corrected chi connectivity index (χ2v) is 7.34. The van der Waals surface area contributed by atoms with Crippen molar-refractivity contribution < 1.29 is 14.3 Å². The molecule has 2 rings (SSSR count). The monoisotopic (exact) mass is 379 g/mol. The molecule has 1 aromatic rings. The molecule has 0 aromatic carbocycles. The summed E-state index contributed by atoms with van der Waals surface area (Å²) in [5.41, 5.74) is 3.21. The molecule has 0 saturated carbocycles. The molecule has 0 radical (unpaired) electrons. The number of amides is 3. The first-order valence-electron chi connectivity index (χ1n) is 9.62. The maximum absolute atomic E-state index is 12.5. The standard InChI is InChI=1S/C19H33N5O3/c1-14-17(15(2)23(5)21-14)6-7-18(25)20-10-11-24(19(26)22(3)4)16-8-12-27-13-9-16/h16H,6-13H2,1-5H3,(H,20,25). The van der Waals surface area contributed by atoms with Crippen LogP contribution in [0.4, 0.5) is 4.79 Å². The Labute approximate surface area is 161 Å². The lowest BCUT2D eigenvalue weighted by atomic mass is 10.1. The highest BCUT2D eigenvalue weighted by atomic mass is 16.5. The van der Waals surface area contributed by atoms with Crippen LogP contribution in [0, 0.1) is 13.8 Å². The van der Waals surface area contributed by atoms with Gasteiger partial charge in [0.1, 0.15) is 0 Å². The molecule has 0 bridgehead atoms. The van der Waals surface area contributed by atoms with Crippen molar-refractivity contribution >= 4 is 11.9 Å². The molecule has 1 fully saturated rings. The topological polar surface area (TPSA) is 79.7 Å². The Kier molecular flexibility index (Phi) is 7.65. The van der Waals surface area contributed by atoms with Crippen molar-refractivity contribution in [3.8, 4) is 0 Å². The van der Waals surface area contributed by atoms with Crippen LogP contribution in [0.3, 0.4) is 0 Å². The van der Waals surface area contributed by atoms with Crippen LogP contribution in [0.1, 0.15) is 36.2 Å². The van der Waals surface area contributed by atoms with E-state index in [1.807, 2.05) is 30.5 Å². The van der Waals surface area contributed by atoms with Gasteiger partial charge in [0.25, 0.3) is 0 Å². The van der Waals surface area contributed by atoms with E-state index in [4.69, 9.17) is 4.74 Å². The summed E-state index contributed by atoms with van der Waals surface area (Å²) in [6, 6.07) is 0.156. The summed E-state index contributed by atoms with van der Waals surface area (Å²) >= 11 is 0. The van der Waals surface area contributed by atoms with Gasteiger partial charge < -0.3 is 19.9 Å². The summed E-state index contributed by atoms with van der Waals surface area (Å²) in [7, 11) is 5.43. The van der Waals surface area contributed by atoms with Crippen LogP contribution in [0.25, 0.3) is 0 Å². The molecular weight excluding hydrogens is 346 g/mol. The van der Waals surface area contributed by atoms with Gasteiger partial charge in [0.05, 0.1) is 5.69 Å². The van der Waals surface area contributed by atoms with Gasteiger partial charge in [0, 0.05) is 65.6 Å². The molecule has 0 atom stereocenters. The van der Waals surface area contributed by atoms with Gasteiger partial charge in [-0.15, -0.1) is 0 Å². The van der Waals surface area contributed by atoms with E-state index in [1.54, 1.807) is 19.0 Å². The van der Waals surface area contributed by atoms with E-state index in [2.05, 4.69) is 10.4 Å². The summed E-state index contributed by atoms with van der Waals surface area (Å²) in [5, 5.41) is 7.34. The van der Waals surface area contributed by atoms with Crippen LogP contribution in [0.2, 0.25) is 0 Å². The number of carbonyl (C=O) groups is 2. The number of aromatic nitrogens is 2. The van der Waals surface area contributed by atoms with Gasteiger partial charge in [-0.2, -0.15) is 5.10 Å². The third-order valence-corrected chi connectivity index (χ3v) is 5.20. The quantitative estimate of drug-likeness (QED) is 0.773. The fraction of sp³-hybridized carbons (Fsp3) is 0.737. The fourth-order valence-corrected chi connectivity index (χ4v) is 3.51. The molecule has 27 heavy (non-hydrogen) atoms. The number of urea groups is 1. The molecule has 0 aliphatic carbocycles. The Morgan fingerprint density at radius 1 is 1.26 bits per heavy atom. The number of nitrogens with one attached hydrogen (secondary N) is 1. The first-order chi connectivity index (χ1) is 12.8. The van der Waals surface area contributed by atoms with Crippen molar-refractivity contribution in [3.05, 3.63) is 17.0 Å². The van der Waals surface area contributed by atoms with Crippen LogP contribution in [0.5, 0.6) is 0 Å². The van der Waals surface area contributed by atoms with Crippen LogP contribution in [-0.4, -0.2) is 78.0 Å². The van der Waals surface area contributed by atoms with E-state index < -0.39 is 0 Å². The maximum atomic E-state index is 12.5. The van der Waals surface area contributed by atoms with Crippen molar-refractivity contribution in [2.75, 3.05) is 40.4 Å². The second kappa shape index (κ2) is 9.73. The highest BCUT2D eigenvalue weighted by Gasteiger charge is 2.26. The van der Waals surface area contributed by atoms with Crippen LogP contribution >= 0.6 is 0 Å². The zero-order valence-electron chi connectivity index (χ0n) is 17.2. The van der Waals surface area contributed by atoms with E-state index in [-0.39, 0.29) is 18.0 Å². The first-order valence-corrected chi connectivity index (χ1v) is 9.62. The number of aryl methyl sites for hydroxylation is 2. The number of nitrogens with zero attached hydrogens (tertiary/aromatic N) is 4. The van der Waals surface area contributed by atoms with E-state index in [9.17, 15) is 9.59 Å². The molecule has 0 unspecified atom stereocenters. The van der Waals surface area contributed by atoms with Gasteiger partial charge in [0.15, 0.2) is 0 Å². The average molecular weight is 380 g/mol. The van der Waals surface area contributed by atoms with E-state index in [1.165, 1.54) is 0 Å². The number of carbonyl (C=O) groups excluding carboxylic acids is 2. The minimum Gasteiger partial charge on any atom is -0.381 e. The molecule has 1 aromatic heterocycles. The minimum absolute atomic E-state index is 0.00174. The average Bonchev–Trinajstić information content (AvgIpc) is 2.89. The predicted octanol–water partition coefficient (Wildman–Crippen LogP) is 1.25. The first kappa shape index (κ1) is 21.2. The van der Waals surface area contributed by atoms with Crippen molar-refractivity contribution in [1.29, 1.82) is 0 Å². The summed E-state index contributed by atoms with van der Waals surface area (Å²) in [4.78, 5) is 28.2. The SMILES string of the molecule is Cc1nn(C)c(C)c1CCC(=O)NCCN(C(=O)N(C)C)C1CCOCC1. The lowest BCUT2D eigenvalue weighted by Gasteiger charge is -2.36. The highest BCUT2D eigenvalue weighted by Crippen LogP contribution is 2.16. The molecule has 3 amide bonds. The Hall–Kier alpha value is -2.09. The summed E-state index contributed by atoms with van der Waals surface area (Å²) in [6.45, 7) is 6.32. The molecule has 0 spiro atoms. The Bertz CT molecular complexity index is 650. The van der Waals surface area contributed by atoms with Crippen molar-refractivity contribution in [2.45, 2.75) is 45.6 Å². The van der Waals surface area contributed by atoms with Crippen molar-refractivity contribution in [1.82, 2.24) is 24.9 Å². The third kappa shape index (κ3) is 5.69. The zero-order valence-corrected chi connectivity index (χ0v) is 17.2. The normalized spacial score (nSPS) is 14.9. The predicted molar refractivity (Wildman–Crippen MR) is 104 cm³/mol. The lowest BCUT2D eigenvalue weighted by molar-refractivity contribution is -0.121. The third-order valence-electron chi connectivity index (χ3n) is 5.20. The number of rotatable bonds is 7. The van der Waals surface area contributed by atoms with Gasteiger partial charge >= 0.3 is 6.03 Å². The van der Waals surface area contributed by atoms with Gasteiger partial charge in [-0.05, 0) is 38.7 Å². The van der Waals surface area contributed by atoms with Gasteiger partial charge in [-0.25, -0.2) is 4.79 Å². The molecule has 1 saturated heterocycles. The Balaban J connectivity index is 1.82. The fourth-order valence-electron chi connectivity index (χ4n) is 3.51. The largest absolute Gasteiger partial charge is 0.381 e. The molecule has 1 aliphatic heterocycles. The summed E-state index contributed by atoms with van der Waals surface area (Å²) in [6.07, 6.45) is 2.78. The molecule has 8 heteroatoms. The minimum atomic E-state index is -0.0160. The number of ether oxygens (including phenoxy) is 1. The van der Waals surface area contributed by atoms with Gasteiger partial charge in [0.2, 0.25) is 5.91 Å². The van der Waals surface area contributed by atoms with Gasteiger partial charge in [-0.3, -0.25) is 9.48 Å². The molecule has 8 nitrogen and oxygen atoms in total. The molecule has 1 N–H and O–H groups in total. The highest BCUT2D eigenvalue weighted by molar-refractivity contribution is 5.76. The van der Waals surface area contributed by atoms with E-state index in [0.717, 1.165) is 29.8 Å². The number of hydrogen-bond donors (Lipinski definition) is 1. The Morgan fingerprint density at radius 3 is 2.48 bits per heavy atom. The summed E-state index contributed by atoms with van der Waals surface area (Å²) in [5.74, 6) is 0.00174. The molecule has 2 heterocycles. The lowest BCUT2D eigenvalue weighted by Crippen LogP contribution is -2.50. The molecule has 152 valence electrons. The zero-order chi connectivity index (χ0) is 20.0. The smallest absolute Gasteiger partial charge is 0.319 e. The number of hydrogen-bond acceptors (Lipinski definition) is 4. The van der Waals surface area contributed by atoms with E-state index >= 15 is 0 Å². The van der Waals surface area contributed by atoms with E-state index in [0.29, 0.717) is 39.1 Å². The maximum Gasteiger partial charge on any atom is 0.319 e. The van der Waals surface area contributed by atoms with Crippen LogP contribution in [0.15, 0.2) is 0 Å². The van der Waals surface area contributed by atoms with Gasteiger partial charge in [-0.1, -0.05) is 0 Å². The Morgan fingerprint density at radius 2 is 1.93 bits per heavy atom. The van der Waals surface area contributed by atoms with Crippen LogP contribution < -0.4 is 5.32 Å². The van der Waals surface area contributed by atoms with Crippen molar-refractivity contribution in [2.24, 2.45) is 7.05 Å². The molecular formula is C19H33N5O3. The van der Waals surface area contributed by atoms with Crippen molar-refractivity contribution in [3.63, 3.8) is 0 Å². The molecule has 1 aliphatic rings. The summed E-state index contributed by atoms with van der Waals surface area (Å²) < 4.78 is 7.25. The van der Waals surface area contributed by atoms with Crippen LogP contribution in [-0.2, 0) is 23.0 Å². The second-order valence-electron chi connectivity index (χ2n) is 7.34.